The maximum Gasteiger partial charge on any atom is 0.273 e. The molecule has 2 N–H and O–H groups in total. The molecule has 0 bridgehead atoms. The molecule has 23 heavy (non-hydrogen) atoms. The summed E-state index contributed by atoms with van der Waals surface area (Å²) in [4.78, 5) is 24.2. The van der Waals surface area contributed by atoms with Gasteiger partial charge in [-0.2, -0.15) is 0 Å². The third-order valence-electron chi connectivity index (χ3n) is 3.62. The van der Waals surface area contributed by atoms with Crippen molar-refractivity contribution in [3.05, 3.63) is 64.7 Å². The molecule has 0 aromatic heterocycles. The highest BCUT2D eigenvalue weighted by Gasteiger charge is 2.49. The van der Waals surface area contributed by atoms with E-state index in [0.29, 0.717) is 10.6 Å². The van der Waals surface area contributed by atoms with Crippen molar-refractivity contribution < 1.29 is 14.7 Å². The Morgan fingerprint density at radius 2 is 1.78 bits per heavy atom. The lowest BCUT2D eigenvalue weighted by Gasteiger charge is -2.44. The zero-order valence-electron chi connectivity index (χ0n) is 11.7. The Bertz CT molecular complexity index is 781. The predicted molar refractivity (Wildman–Crippen MR) is 86.3 cm³/mol. The third kappa shape index (κ3) is 2.73. The molecule has 0 aliphatic carbocycles. The molecule has 0 unspecified atom stereocenters. The third-order valence-corrected chi connectivity index (χ3v) is 4.39. The van der Waals surface area contributed by atoms with Gasteiger partial charge in [-0.1, -0.05) is 41.9 Å². The summed E-state index contributed by atoms with van der Waals surface area (Å²) in [5, 5.41) is 10.5. The molecule has 0 spiro atoms. The first-order valence-electron chi connectivity index (χ1n) is 6.81. The Morgan fingerprint density at radius 3 is 2.48 bits per heavy atom. The van der Waals surface area contributed by atoms with Crippen LogP contribution in [-0.2, 0) is 4.79 Å². The van der Waals surface area contributed by atoms with Gasteiger partial charge in [-0.25, -0.2) is 5.01 Å². The van der Waals surface area contributed by atoms with Gasteiger partial charge in [0.25, 0.3) is 11.8 Å². The number of hydrazine groups is 1. The molecule has 1 heterocycles. The van der Waals surface area contributed by atoms with Crippen molar-refractivity contribution in [2.75, 3.05) is 0 Å². The van der Waals surface area contributed by atoms with Gasteiger partial charge in [0, 0.05) is 5.02 Å². The van der Waals surface area contributed by atoms with E-state index in [1.54, 1.807) is 36.4 Å². The fourth-order valence-corrected chi connectivity index (χ4v) is 3.03. The first-order valence-corrected chi connectivity index (χ1v) is 7.62. The van der Waals surface area contributed by atoms with Crippen molar-refractivity contribution in [1.82, 2.24) is 10.4 Å². The average molecular weight is 351 g/mol. The Balaban J connectivity index is 1.84. The summed E-state index contributed by atoms with van der Waals surface area (Å²) in [6.45, 7) is 0. The Labute approximate surface area is 142 Å². The summed E-state index contributed by atoms with van der Waals surface area (Å²) in [5.74, 6) is -1.20. The summed E-state index contributed by atoms with van der Waals surface area (Å²) in [6.07, 6.45) is 0. The van der Waals surface area contributed by atoms with Gasteiger partial charge in [-0.3, -0.25) is 15.0 Å². The maximum absolute atomic E-state index is 12.2. The molecule has 118 valence electrons. The molecule has 7 heteroatoms. The molecule has 2 aromatic rings. The molecule has 2 amide bonds. The van der Waals surface area contributed by atoms with Crippen LogP contribution in [0.5, 0.6) is 5.75 Å². The van der Waals surface area contributed by atoms with E-state index in [0.717, 1.165) is 5.01 Å². The summed E-state index contributed by atoms with van der Waals surface area (Å²) >= 11 is 12.2. The normalized spacial score (nSPS) is 20.1. The number of hydrogen-bond donors (Lipinski definition) is 2. The van der Waals surface area contributed by atoms with Crippen LogP contribution in [0.1, 0.15) is 22.0 Å². The Morgan fingerprint density at radius 1 is 1.13 bits per heavy atom. The highest BCUT2D eigenvalue weighted by molar-refractivity contribution is 6.35. The number of carbonyl (C=O) groups excluding carboxylic acids is 2. The number of para-hydroxylation sites is 1. The molecule has 2 aromatic carbocycles. The van der Waals surface area contributed by atoms with Crippen LogP contribution in [0.3, 0.4) is 0 Å². The number of nitrogens with one attached hydrogen (secondary N) is 1. The maximum atomic E-state index is 12.2. The molecule has 1 aliphatic rings. The zero-order chi connectivity index (χ0) is 16.6. The monoisotopic (exact) mass is 350 g/mol. The van der Waals surface area contributed by atoms with Crippen LogP contribution >= 0.6 is 23.2 Å². The van der Waals surface area contributed by atoms with Crippen molar-refractivity contribution in [3.63, 3.8) is 0 Å². The smallest absolute Gasteiger partial charge is 0.273 e. The van der Waals surface area contributed by atoms with Crippen molar-refractivity contribution >= 4 is 35.0 Å². The van der Waals surface area contributed by atoms with Crippen LogP contribution < -0.4 is 5.43 Å². The number of nitrogens with zero attached hydrogens (tertiary/aromatic N) is 1. The SMILES string of the molecule is O=C(NN1C(=O)[C@@H](Cl)[C@H]1c1ccccc1Cl)c1ccccc1O. The van der Waals surface area contributed by atoms with Gasteiger partial charge in [0.1, 0.15) is 17.2 Å². The molecule has 2 atom stereocenters. The van der Waals surface area contributed by atoms with Gasteiger partial charge in [0.2, 0.25) is 0 Å². The minimum atomic E-state index is -0.806. The first kappa shape index (κ1) is 15.6. The summed E-state index contributed by atoms with van der Waals surface area (Å²) in [6, 6.07) is 12.5. The number of halogens is 2. The topological polar surface area (TPSA) is 69.6 Å². The number of carbonyl (C=O) groups is 2. The second-order valence-electron chi connectivity index (χ2n) is 5.03. The van der Waals surface area contributed by atoms with Gasteiger partial charge < -0.3 is 5.11 Å². The Hall–Kier alpha value is -2.24. The first-order chi connectivity index (χ1) is 11.0. The summed E-state index contributed by atoms with van der Waals surface area (Å²) < 4.78 is 0. The molecule has 3 rings (SSSR count). The van der Waals surface area contributed by atoms with Gasteiger partial charge in [-0.15, -0.1) is 11.6 Å². The molecular weight excluding hydrogens is 339 g/mol. The van der Waals surface area contributed by atoms with E-state index in [2.05, 4.69) is 5.43 Å². The number of β-lactam (4-membered cyclic amide) rings is 1. The van der Waals surface area contributed by atoms with E-state index in [4.69, 9.17) is 23.2 Å². The lowest BCUT2D eigenvalue weighted by atomic mass is 9.95. The summed E-state index contributed by atoms with van der Waals surface area (Å²) in [7, 11) is 0. The highest BCUT2D eigenvalue weighted by atomic mass is 35.5. The van der Waals surface area contributed by atoms with Crippen LogP contribution in [0.2, 0.25) is 5.02 Å². The molecule has 1 aliphatic heterocycles. The minimum absolute atomic E-state index is 0.0660. The van der Waals surface area contributed by atoms with E-state index in [1.807, 2.05) is 0 Å². The highest BCUT2D eigenvalue weighted by Crippen LogP contribution is 2.40. The largest absolute Gasteiger partial charge is 0.507 e. The van der Waals surface area contributed by atoms with Crippen molar-refractivity contribution in [1.29, 1.82) is 0 Å². The van der Waals surface area contributed by atoms with Crippen LogP contribution in [0.4, 0.5) is 0 Å². The minimum Gasteiger partial charge on any atom is -0.507 e. The number of rotatable bonds is 3. The summed E-state index contributed by atoms with van der Waals surface area (Å²) in [5.41, 5.74) is 3.18. The van der Waals surface area contributed by atoms with E-state index in [9.17, 15) is 14.7 Å². The van der Waals surface area contributed by atoms with Gasteiger partial charge in [-0.05, 0) is 23.8 Å². The molecule has 0 saturated carbocycles. The molecular formula is C16H12Cl2N2O3. The number of hydrogen-bond acceptors (Lipinski definition) is 3. The van der Waals surface area contributed by atoms with E-state index >= 15 is 0 Å². The quantitative estimate of drug-likeness (QED) is 0.660. The molecule has 1 saturated heterocycles. The van der Waals surface area contributed by atoms with Crippen LogP contribution in [0.15, 0.2) is 48.5 Å². The Kier molecular flexibility index (Phi) is 4.15. The fraction of sp³-hybridized carbons (Fsp3) is 0.125. The van der Waals surface area contributed by atoms with Crippen molar-refractivity contribution in [2.24, 2.45) is 0 Å². The van der Waals surface area contributed by atoms with Gasteiger partial charge in [0.15, 0.2) is 0 Å². The average Bonchev–Trinajstić information content (AvgIpc) is 2.56. The van der Waals surface area contributed by atoms with E-state index in [1.165, 1.54) is 12.1 Å². The van der Waals surface area contributed by atoms with Crippen LogP contribution in [-0.4, -0.2) is 27.3 Å². The van der Waals surface area contributed by atoms with E-state index < -0.39 is 23.2 Å². The number of amides is 2. The fourth-order valence-electron chi connectivity index (χ4n) is 2.43. The number of aromatic hydroxyl groups is 1. The number of alkyl halides is 1. The predicted octanol–water partition coefficient (Wildman–Crippen LogP) is 2.88. The lowest BCUT2D eigenvalue weighted by Crippen LogP contribution is -2.63. The molecule has 5 nitrogen and oxygen atoms in total. The second kappa shape index (κ2) is 6.10. The molecule has 0 radical (unpaired) electrons. The standard InChI is InChI=1S/C16H12Cl2N2O3/c17-11-7-3-1-5-9(11)14-13(18)16(23)20(14)19-15(22)10-6-2-4-8-12(10)21/h1-8,13-14,21H,(H,19,22)/t13-,14+/m0/s1. The molecule has 1 fully saturated rings. The van der Waals surface area contributed by atoms with E-state index in [-0.39, 0.29) is 11.3 Å². The van der Waals surface area contributed by atoms with Crippen LogP contribution in [0.25, 0.3) is 0 Å². The van der Waals surface area contributed by atoms with Gasteiger partial charge >= 0.3 is 0 Å². The lowest BCUT2D eigenvalue weighted by molar-refractivity contribution is -0.149. The second-order valence-corrected chi connectivity index (χ2v) is 5.91. The van der Waals surface area contributed by atoms with Crippen LogP contribution in [0, 0.1) is 0 Å². The van der Waals surface area contributed by atoms with Gasteiger partial charge in [0.05, 0.1) is 5.56 Å². The van der Waals surface area contributed by atoms with Crippen molar-refractivity contribution in [2.45, 2.75) is 11.4 Å². The number of phenols is 1. The number of phenolic OH excluding ortho intramolecular Hbond substituents is 1. The number of benzene rings is 2. The zero-order valence-corrected chi connectivity index (χ0v) is 13.3. The van der Waals surface area contributed by atoms with Crippen molar-refractivity contribution in [3.8, 4) is 5.75 Å².